The Labute approximate surface area is 105 Å². The number of rotatable bonds is 2. The second-order valence-corrected chi connectivity index (χ2v) is 5.69. The van der Waals surface area contributed by atoms with Crippen LogP contribution in [0.25, 0.3) is 5.65 Å². The highest BCUT2D eigenvalue weighted by atomic mass is 32.2. The lowest BCUT2D eigenvalue weighted by molar-refractivity contribution is 0.508. The van der Waals surface area contributed by atoms with E-state index in [0.29, 0.717) is 5.82 Å². The highest BCUT2D eigenvalue weighted by Crippen LogP contribution is 2.25. The third-order valence-corrected chi connectivity index (χ3v) is 4.44. The number of nitrogens with zero attached hydrogens (tertiary/aromatic N) is 3. The predicted octanol–water partition coefficient (Wildman–Crippen LogP) is 2.00. The van der Waals surface area contributed by atoms with Gasteiger partial charge in [-0.15, -0.1) is 5.10 Å². The third-order valence-electron chi connectivity index (χ3n) is 3.16. The molecule has 1 fully saturated rings. The molecule has 1 unspecified atom stereocenters. The Hall–Kier alpha value is -1.23. The van der Waals surface area contributed by atoms with Crippen molar-refractivity contribution in [3.63, 3.8) is 0 Å². The van der Waals surface area contributed by atoms with E-state index in [9.17, 15) is 0 Å². The van der Waals surface area contributed by atoms with Crippen molar-refractivity contribution in [2.24, 2.45) is 5.92 Å². The Morgan fingerprint density at radius 2 is 2.41 bits per heavy atom. The van der Waals surface area contributed by atoms with Crippen LogP contribution in [0.4, 0.5) is 5.82 Å². The van der Waals surface area contributed by atoms with Crippen LogP contribution < -0.4 is 5.73 Å². The minimum atomic E-state index is 0.652. The summed E-state index contributed by atoms with van der Waals surface area (Å²) in [6, 6.07) is 5.71. The maximum absolute atomic E-state index is 5.86. The molecule has 2 aromatic rings. The second kappa shape index (κ2) is 4.56. The summed E-state index contributed by atoms with van der Waals surface area (Å²) >= 11 is 2.05. The molecule has 2 aromatic heterocycles. The SMILES string of the molecule is Nc1cccc2nc(CC3CCCSC3)nn12. The number of aromatic nitrogens is 3. The normalized spacial score (nSPS) is 20.8. The maximum atomic E-state index is 5.86. The van der Waals surface area contributed by atoms with Crippen molar-refractivity contribution in [2.45, 2.75) is 19.3 Å². The van der Waals surface area contributed by atoms with Gasteiger partial charge in [0.05, 0.1) is 0 Å². The number of hydrogen-bond acceptors (Lipinski definition) is 4. The molecule has 0 aromatic carbocycles. The minimum Gasteiger partial charge on any atom is -0.384 e. The van der Waals surface area contributed by atoms with Crippen molar-refractivity contribution in [3.8, 4) is 0 Å². The van der Waals surface area contributed by atoms with Crippen LogP contribution in [0.2, 0.25) is 0 Å². The maximum Gasteiger partial charge on any atom is 0.157 e. The van der Waals surface area contributed by atoms with Gasteiger partial charge in [0.15, 0.2) is 11.5 Å². The van der Waals surface area contributed by atoms with Crippen molar-refractivity contribution >= 4 is 23.2 Å². The molecule has 0 bridgehead atoms. The number of nitrogen functional groups attached to an aromatic ring is 1. The van der Waals surface area contributed by atoms with E-state index >= 15 is 0 Å². The molecule has 0 spiro atoms. The van der Waals surface area contributed by atoms with E-state index in [1.807, 2.05) is 30.0 Å². The fraction of sp³-hybridized carbons (Fsp3) is 0.500. The smallest absolute Gasteiger partial charge is 0.157 e. The molecule has 17 heavy (non-hydrogen) atoms. The van der Waals surface area contributed by atoms with Gasteiger partial charge in [0.1, 0.15) is 5.82 Å². The van der Waals surface area contributed by atoms with Crippen molar-refractivity contribution < 1.29 is 0 Å². The van der Waals surface area contributed by atoms with E-state index in [0.717, 1.165) is 23.8 Å². The van der Waals surface area contributed by atoms with Crippen LogP contribution in [0, 0.1) is 5.92 Å². The molecule has 0 saturated carbocycles. The van der Waals surface area contributed by atoms with Gasteiger partial charge in [0, 0.05) is 6.42 Å². The standard InChI is InChI=1S/C12H16N4S/c13-10-4-1-5-12-14-11(15-16(10)12)7-9-3-2-6-17-8-9/h1,4-5,9H,2-3,6-8,13H2. The fourth-order valence-electron chi connectivity index (χ4n) is 2.28. The van der Waals surface area contributed by atoms with Crippen LogP contribution in [0.5, 0.6) is 0 Å². The van der Waals surface area contributed by atoms with Gasteiger partial charge in [0.25, 0.3) is 0 Å². The number of pyridine rings is 1. The number of thioether (sulfide) groups is 1. The van der Waals surface area contributed by atoms with E-state index in [2.05, 4.69) is 10.1 Å². The quantitative estimate of drug-likeness (QED) is 0.883. The summed E-state index contributed by atoms with van der Waals surface area (Å²) in [6.45, 7) is 0. The van der Waals surface area contributed by atoms with Crippen LogP contribution in [0.15, 0.2) is 18.2 Å². The summed E-state index contributed by atoms with van der Waals surface area (Å²) in [5.41, 5.74) is 6.71. The molecular formula is C12H16N4S. The topological polar surface area (TPSA) is 56.2 Å². The molecule has 5 heteroatoms. The monoisotopic (exact) mass is 248 g/mol. The van der Waals surface area contributed by atoms with Crippen molar-refractivity contribution in [2.75, 3.05) is 17.2 Å². The molecule has 2 N–H and O–H groups in total. The van der Waals surface area contributed by atoms with E-state index in [1.54, 1.807) is 4.52 Å². The summed E-state index contributed by atoms with van der Waals surface area (Å²) in [5, 5.41) is 4.48. The zero-order chi connectivity index (χ0) is 11.7. The van der Waals surface area contributed by atoms with Crippen LogP contribution in [0.3, 0.4) is 0 Å². The second-order valence-electron chi connectivity index (χ2n) is 4.54. The summed E-state index contributed by atoms with van der Waals surface area (Å²) < 4.78 is 1.73. The van der Waals surface area contributed by atoms with E-state index < -0.39 is 0 Å². The van der Waals surface area contributed by atoms with Crippen LogP contribution in [0.1, 0.15) is 18.7 Å². The molecular weight excluding hydrogens is 232 g/mol. The molecule has 1 aliphatic heterocycles. The van der Waals surface area contributed by atoms with Gasteiger partial charge in [-0.25, -0.2) is 4.98 Å². The Morgan fingerprint density at radius 3 is 3.18 bits per heavy atom. The number of nitrogens with two attached hydrogens (primary N) is 1. The van der Waals surface area contributed by atoms with Gasteiger partial charge in [-0.2, -0.15) is 16.3 Å². The van der Waals surface area contributed by atoms with Gasteiger partial charge in [-0.05, 0) is 42.4 Å². The first-order valence-electron chi connectivity index (χ1n) is 6.01. The van der Waals surface area contributed by atoms with Gasteiger partial charge < -0.3 is 5.73 Å². The highest BCUT2D eigenvalue weighted by molar-refractivity contribution is 7.99. The molecule has 4 nitrogen and oxygen atoms in total. The van der Waals surface area contributed by atoms with Crippen LogP contribution >= 0.6 is 11.8 Å². The van der Waals surface area contributed by atoms with Gasteiger partial charge in [-0.1, -0.05) is 6.07 Å². The first-order valence-corrected chi connectivity index (χ1v) is 7.16. The van der Waals surface area contributed by atoms with Crippen molar-refractivity contribution in [1.29, 1.82) is 0 Å². The molecule has 0 aliphatic carbocycles. The van der Waals surface area contributed by atoms with Gasteiger partial charge in [0.2, 0.25) is 0 Å². The third kappa shape index (κ3) is 2.24. The largest absolute Gasteiger partial charge is 0.384 e. The Kier molecular flexibility index (Phi) is 2.93. The van der Waals surface area contributed by atoms with E-state index in [1.165, 1.54) is 24.3 Å². The Bertz CT molecular complexity index is 516. The van der Waals surface area contributed by atoms with Crippen molar-refractivity contribution in [3.05, 3.63) is 24.0 Å². The summed E-state index contributed by atoms with van der Waals surface area (Å²) in [7, 11) is 0. The molecule has 1 saturated heterocycles. The average Bonchev–Trinajstić information content (AvgIpc) is 2.74. The van der Waals surface area contributed by atoms with E-state index in [-0.39, 0.29) is 0 Å². The number of fused-ring (bicyclic) bond motifs is 1. The van der Waals surface area contributed by atoms with Crippen molar-refractivity contribution in [1.82, 2.24) is 14.6 Å². The Morgan fingerprint density at radius 1 is 1.47 bits per heavy atom. The lowest BCUT2D eigenvalue weighted by Crippen LogP contribution is -2.14. The zero-order valence-corrected chi connectivity index (χ0v) is 10.5. The van der Waals surface area contributed by atoms with E-state index in [4.69, 9.17) is 5.73 Å². The van der Waals surface area contributed by atoms with Crippen LogP contribution in [-0.2, 0) is 6.42 Å². The molecule has 0 amide bonds. The molecule has 0 radical (unpaired) electrons. The molecule has 1 atom stereocenters. The lowest BCUT2D eigenvalue weighted by Gasteiger charge is -2.19. The predicted molar refractivity (Wildman–Crippen MR) is 71.2 cm³/mol. The first kappa shape index (κ1) is 10.9. The minimum absolute atomic E-state index is 0.652. The first-order chi connectivity index (χ1) is 8.33. The van der Waals surface area contributed by atoms with Crippen LogP contribution in [-0.4, -0.2) is 26.1 Å². The molecule has 3 rings (SSSR count). The average molecular weight is 248 g/mol. The van der Waals surface area contributed by atoms with Gasteiger partial charge >= 0.3 is 0 Å². The molecule has 1 aliphatic rings. The fourth-order valence-corrected chi connectivity index (χ4v) is 3.44. The molecule has 90 valence electrons. The molecule has 3 heterocycles. The summed E-state index contributed by atoms with van der Waals surface area (Å²) in [6.07, 6.45) is 3.61. The summed E-state index contributed by atoms with van der Waals surface area (Å²) in [5.74, 6) is 4.86. The number of anilines is 1. The van der Waals surface area contributed by atoms with Gasteiger partial charge in [-0.3, -0.25) is 0 Å². The highest BCUT2D eigenvalue weighted by Gasteiger charge is 2.17. The lowest BCUT2D eigenvalue weighted by atomic mass is 10.0. The Balaban J connectivity index is 1.83. The summed E-state index contributed by atoms with van der Waals surface area (Å²) in [4.78, 5) is 4.53. The zero-order valence-electron chi connectivity index (χ0n) is 9.67. The number of hydrogen-bond donors (Lipinski definition) is 1.